The molecular weight excluding hydrogens is 382 g/mol. The number of halogens is 2. The van der Waals surface area contributed by atoms with E-state index in [1.165, 1.54) is 11.8 Å². The molecule has 0 radical (unpaired) electrons. The molecule has 0 aliphatic carbocycles. The van der Waals surface area contributed by atoms with Crippen molar-refractivity contribution in [3.05, 3.63) is 31.6 Å². The van der Waals surface area contributed by atoms with Gasteiger partial charge in [-0.1, -0.05) is 6.92 Å². The molecule has 1 N–H and O–H groups in total. The fourth-order valence-corrected chi connectivity index (χ4v) is 2.18. The van der Waals surface area contributed by atoms with E-state index in [0.29, 0.717) is 6.54 Å². The zero-order chi connectivity index (χ0) is 15.4. The Labute approximate surface area is 128 Å². The van der Waals surface area contributed by atoms with Gasteiger partial charge < -0.3 is 10.0 Å². The van der Waals surface area contributed by atoms with E-state index >= 15 is 0 Å². The number of carboxylic acid groups (broad SMARTS) is 1. The Morgan fingerprint density at radius 1 is 1.60 bits per heavy atom. The molecular formula is C12H14FIN2O4. The number of rotatable bonds is 6. The third-order valence-electron chi connectivity index (χ3n) is 2.85. The van der Waals surface area contributed by atoms with Crippen molar-refractivity contribution in [1.82, 2.24) is 0 Å². The summed E-state index contributed by atoms with van der Waals surface area (Å²) < 4.78 is 13.8. The zero-order valence-electron chi connectivity index (χ0n) is 11.0. The van der Waals surface area contributed by atoms with Gasteiger partial charge in [0.05, 0.1) is 14.4 Å². The summed E-state index contributed by atoms with van der Waals surface area (Å²) in [5.74, 6) is -2.28. The Balaban J connectivity index is 3.23. The summed E-state index contributed by atoms with van der Waals surface area (Å²) in [6, 6.07) is 2.23. The van der Waals surface area contributed by atoms with Crippen LogP contribution in [0.5, 0.6) is 0 Å². The number of nitrogens with zero attached hydrogens (tertiary/aromatic N) is 2. The molecule has 0 aromatic heterocycles. The van der Waals surface area contributed by atoms with Gasteiger partial charge in [0.2, 0.25) is 0 Å². The SMILES string of the molecule is CCN(CC(C)C(=O)O)c1cc(F)c(I)cc1[N+](=O)[O-]. The molecule has 0 bridgehead atoms. The zero-order valence-corrected chi connectivity index (χ0v) is 13.1. The number of hydrogen-bond donors (Lipinski definition) is 1. The van der Waals surface area contributed by atoms with Crippen molar-refractivity contribution in [2.24, 2.45) is 5.92 Å². The van der Waals surface area contributed by atoms with Crippen LogP contribution >= 0.6 is 22.6 Å². The molecule has 0 amide bonds. The van der Waals surface area contributed by atoms with Crippen molar-refractivity contribution in [3.8, 4) is 0 Å². The first kappa shape index (κ1) is 16.6. The van der Waals surface area contributed by atoms with Crippen LogP contribution in [0.25, 0.3) is 0 Å². The molecule has 0 spiro atoms. The number of nitro benzene ring substituents is 1. The highest BCUT2D eigenvalue weighted by Crippen LogP contribution is 2.32. The third kappa shape index (κ3) is 3.78. The maximum Gasteiger partial charge on any atom is 0.308 e. The highest BCUT2D eigenvalue weighted by Gasteiger charge is 2.24. The quantitative estimate of drug-likeness (QED) is 0.454. The summed E-state index contributed by atoms with van der Waals surface area (Å²) in [5, 5.41) is 20.0. The lowest BCUT2D eigenvalue weighted by Crippen LogP contribution is -2.32. The van der Waals surface area contributed by atoms with Crippen molar-refractivity contribution in [2.45, 2.75) is 13.8 Å². The number of aliphatic carboxylic acids is 1. The summed E-state index contributed by atoms with van der Waals surface area (Å²) in [7, 11) is 0. The summed E-state index contributed by atoms with van der Waals surface area (Å²) in [4.78, 5) is 22.9. The van der Waals surface area contributed by atoms with Crippen LogP contribution in [-0.4, -0.2) is 29.1 Å². The first-order valence-electron chi connectivity index (χ1n) is 5.89. The highest BCUT2D eigenvalue weighted by molar-refractivity contribution is 14.1. The van der Waals surface area contributed by atoms with E-state index in [-0.39, 0.29) is 21.5 Å². The molecule has 1 rings (SSSR count). The standard InChI is InChI=1S/C12H14FIN2O4/c1-3-15(6-7(2)12(17)18)10-4-8(13)9(14)5-11(10)16(19)20/h4-5,7H,3,6H2,1-2H3,(H,17,18). The summed E-state index contributed by atoms with van der Waals surface area (Å²) in [6.45, 7) is 3.65. The maximum absolute atomic E-state index is 13.6. The molecule has 0 aliphatic rings. The lowest BCUT2D eigenvalue weighted by atomic mass is 10.1. The van der Waals surface area contributed by atoms with E-state index in [1.54, 1.807) is 29.5 Å². The molecule has 0 fully saturated rings. The topological polar surface area (TPSA) is 83.7 Å². The van der Waals surface area contributed by atoms with E-state index in [1.807, 2.05) is 0 Å². The van der Waals surface area contributed by atoms with Crippen LogP contribution in [0.1, 0.15) is 13.8 Å². The number of hydrogen-bond acceptors (Lipinski definition) is 4. The summed E-state index contributed by atoms with van der Waals surface area (Å²) in [5.41, 5.74) is -0.126. The van der Waals surface area contributed by atoms with Gasteiger partial charge in [0.15, 0.2) is 0 Å². The summed E-state index contributed by atoms with van der Waals surface area (Å²) >= 11 is 1.68. The molecule has 1 aromatic rings. The van der Waals surface area contributed by atoms with Gasteiger partial charge >= 0.3 is 5.97 Å². The van der Waals surface area contributed by atoms with Crippen LogP contribution in [0.15, 0.2) is 12.1 Å². The fraction of sp³-hybridized carbons (Fsp3) is 0.417. The largest absolute Gasteiger partial charge is 0.481 e. The number of carboxylic acids is 1. The van der Waals surface area contributed by atoms with Gasteiger partial charge in [-0.3, -0.25) is 14.9 Å². The Hall–Kier alpha value is -1.45. The lowest BCUT2D eigenvalue weighted by molar-refractivity contribution is -0.384. The molecule has 0 aliphatic heterocycles. The number of anilines is 1. The monoisotopic (exact) mass is 396 g/mol. The molecule has 1 unspecified atom stereocenters. The molecule has 0 heterocycles. The van der Waals surface area contributed by atoms with E-state index in [2.05, 4.69) is 0 Å². The van der Waals surface area contributed by atoms with Crippen molar-refractivity contribution >= 4 is 39.9 Å². The molecule has 0 saturated carbocycles. The average molecular weight is 396 g/mol. The Kier molecular flexibility index (Phi) is 5.66. The molecule has 0 saturated heterocycles. The summed E-state index contributed by atoms with van der Waals surface area (Å²) in [6.07, 6.45) is 0. The van der Waals surface area contributed by atoms with Gasteiger partial charge in [0.25, 0.3) is 5.69 Å². The van der Waals surface area contributed by atoms with Crippen LogP contribution < -0.4 is 4.90 Å². The minimum atomic E-state index is -1.00. The normalized spacial score (nSPS) is 12.0. The Morgan fingerprint density at radius 2 is 2.20 bits per heavy atom. The Morgan fingerprint density at radius 3 is 2.65 bits per heavy atom. The lowest BCUT2D eigenvalue weighted by Gasteiger charge is -2.24. The number of benzene rings is 1. The number of nitro groups is 1. The van der Waals surface area contributed by atoms with Gasteiger partial charge in [-0.05, 0) is 29.5 Å². The third-order valence-corrected chi connectivity index (χ3v) is 3.68. The molecule has 110 valence electrons. The predicted octanol–water partition coefficient (Wildman–Crippen LogP) is 2.89. The van der Waals surface area contributed by atoms with Crippen molar-refractivity contribution < 1.29 is 19.2 Å². The molecule has 8 heteroatoms. The second-order valence-corrected chi connectivity index (χ2v) is 5.45. The number of carbonyl (C=O) groups is 1. The Bertz CT molecular complexity index is 538. The molecule has 6 nitrogen and oxygen atoms in total. The minimum absolute atomic E-state index is 0.0761. The van der Waals surface area contributed by atoms with Crippen LogP contribution in [0, 0.1) is 25.4 Å². The fourth-order valence-electron chi connectivity index (χ4n) is 1.73. The van der Waals surface area contributed by atoms with Crippen LogP contribution in [-0.2, 0) is 4.79 Å². The van der Waals surface area contributed by atoms with E-state index < -0.39 is 22.6 Å². The average Bonchev–Trinajstić information content (AvgIpc) is 2.38. The van der Waals surface area contributed by atoms with Gasteiger partial charge in [-0.2, -0.15) is 0 Å². The van der Waals surface area contributed by atoms with E-state index in [4.69, 9.17) is 5.11 Å². The first-order chi connectivity index (χ1) is 9.27. The second kappa shape index (κ2) is 6.82. The highest BCUT2D eigenvalue weighted by atomic mass is 127. The van der Waals surface area contributed by atoms with Crippen LogP contribution in [0.2, 0.25) is 0 Å². The van der Waals surface area contributed by atoms with Gasteiger partial charge in [0, 0.05) is 25.2 Å². The van der Waals surface area contributed by atoms with E-state index in [9.17, 15) is 19.3 Å². The molecule has 1 atom stereocenters. The van der Waals surface area contributed by atoms with Crippen LogP contribution in [0.3, 0.4) is 0 Å². The van der Waals surface area contributed by atoms with Crippen molar-refractivity contribution in [1.29, 1.82) is 0 Å². The smallest absolute Gasteiger partial charge is 0.308 e. The van der Waals surface area contributed by atoms with E-state index in [0.717, 1.165) is 12.1 Å². The van der Waals surface area contributed by atoms with Crippen LogP contribution in [0.4, 0.5) is 15.8 Å². The molecule has 1 aromatic carbocycles. The van der Waals surface area contributed by atoms with Gasteiger partial charge in [-0.15, -0.1) is 0 Å². The minimum Gasteiger partial charge on any atom is -0.481 e. The maximum atomic E-state index is 13.6. The second-order valence-electron chi connectivity index (χ2n) is 4.29. The van der Waals surface area contributed by atoms with Crippen molar-refractivity contribution in [3.63, 3.8) is 0 Å². The van der Waals surface area contributed by atoms with Crippen molar-refractivity contribution in [2.75, 3.05) is 18.0 Å². The first-order valence-corrected chi connectivity index (χ1v) is 6.97. The molecule has 20 heavy (non-hydrogen) atoms. The van der Waals surface area contributed by atoms with Gasteiger partial charge in [0.1, 0.15) is 11.5 Å². The predicted molar refractivity (Wildman–Crippen MR) is 80.5 cm³/mol. The van der Waals surface area contributed by atoms with Gasteiger partial charge in [-0.25, -0.2) is 4.39 Å².